The molecule has 1 fully saturated rings. The van der Waals surface area contributed by atoms with E-state index in [1.807, 2.05) is 36.9 Å². The van der Waals surface area contributed by atoms with Crippen molar-refractivity contribution in [2.75, 3.05) is 50.4 Å². The highest BCUT2D eigenvalue weighted by atomic mass is 32.2. The molecule has 1 N–H and O–H groups in total. The Balaban J connectivity index is 1.45. The molecule has 2 aromatic rings. The van der Waals surface area contributed by atoms with Gasteiger partial charge in [0.25, 0.3) is 5.91 Å². The van der Waals surface area contributed by atoms with Gasteiger partial charge in [0.2, 0.25) is 5.91 Å². The summed E-state index contributed by atoms with van der Waals surface area (Å²) in [5.41, 5.74) is 3.09. The van der Waals surface area contributed by atoms with Gasteiger partial charge in [0, 0.05) is 37.6 Å². The molecule has 1 heterocycles. The van der Waals surface area contributed by atoms with Gasteiger partial charge in [-0.3, -0.25) is 18.7 Å². The Bertz CT molecular complexity index is 1060. The Hall–Kier alpha value is -3.04. The van der Waals surface area contributed by atoms with Crippen LogP contribution in [-0.4, -0.2) is 76.9 Å². The Kier molecular flexibility index (Phi) is 8.95. The van der Waals surface area contributed by atoms with Gasteiger partial charge in [-0.15, -0.1) is 0 Å². The number of para-hydroxylation sites is 1. The lowest BCUT2D eigenvalue weighted by molar-refractivity contribution is -0.136. The molecule has 1 aliphatic rings. The highest BCUT2D eigenvalue weighted by molar-refractivity contribution is 7.85. The number of hydrogen-bond donors (Lipinski definition) is 1. The molecule has 0 bridgehead atoms. The maximum Gasteiger partial charge on any atom is 0.339 e. The van der Waals surface area contributed by atoms with E-state index >= 15 is 0 Å². The molecule has 1 unspecified atom stereocenters. The minimum absolute atomic E-state index is 0.0887. The van der Waals surface area contributed by atoms with E-state index < -0.39 is 16.8 Å². The molecular formula is C25H31N3O5S. The number of esters is 1. The second-order valence-corrected chi connectivity index (χ2v) is 9.89. The van der Waals surface area contributed by atoms with Crippen LogP contribution in [0.4, 0.5) is 5.69 Å². The number of anilines is 1. The summed E-state index contributed by atoms with van der Waals surface area (Å²) in [6.45, 7) is 7.57. The van der Waals surface area contributed by atoms with Crippen molar-refractivity contribution < 1.29 is 23.3 Å². The Morgan fingerprint density at radius 2 is 1.62 bits per heavy atom. The van der Waals surface area contributed by atoms with Gasteiger partial charge in [0.15, 0.2) is 6.61 Å². The van der Waals surface area contributed by atoms with Crippen LogP contribution in [0.25, 0.3) is 0 Å². The highest BCUT2D eigenvalue weighted by Gasteiger charge is 2.24. The molecule has 8 nitrogen and oxygen atoms in total. The number of rotatable bonds is 8. The molecule has 3 rings (SSSR count). The maximum absolute atomic E-state index is 12.5. The van der Waals surface area contributed by atoms with Gasteiger partial charge in [-0.1, -0.05) is 37.3 Å². The van der Waals surface area contributed by atoms with Crippen LogP contribution in [-0.2, 0) is 25.1 Å². The van der Waals surface area contributed by atoms with E-state index in [9.17, 15) is 18.6 Å². The fourth-order valence-corrected chi connectivity index (χ4v) is 4.77. The molecule has 0 saturated carbocycles. The van der Waals surface area contributed by atoms with Crippen LogP contribution in [0, 0.1) is 13.8 Å². The lowest BCUT2D eigenvalue weighted by atomic mass is 10.1. The second kappa shape index (κ2) is 11.9. The van der Waals surface area contributed by atoms with E-state index in [2.05, 4.69) is 5.32 Å². The van der Waals surface area contributed by atoms with Gasteiger partial charge in [-0.05, 0) is 37.1 Å². The molecule has 0 spiro atoms. The number of carbonyl (C=O) groups excluding carboxylic acids is 3. The second-order valence-electron chi connectivity index (χ2n) is 8.18. The minimum atomic E-state index is -1.30. The van der Waals surface area contributed by atoms with E-state index in [0.717, 1.165) is 16.8 Å². The van der Waals surface area contributed by atoms with Gasteiger partial charge >= 0.3 is 5.97 Å². The summed E-state index contributed by atoms with van der Waals surface area (Å²) in [5, 5.41) is 2.98. The molecule has 2 aromatic carbocycles. The summed E-state index contributed by atoms with van der Waals surface area (Å²) in [6, 6.07) is 12.4. The van der Waals surface area contributed by atoms with Crippen molar-refractivity contribution in [3.63, 3.8) is 0 Å². The predicted octanol–water partition coefficient (Wildman–Crippen LogP) is 2.37. The standard InChI is InChI=1S/C25H31N3O5S/c1-4-34(32)21-11-6-5-10-20(21)25(31)33-17-23(30)28-14-12-27(13-15-28)16-22(29)26-24-18(2)8-7-9-19(24)3/h5-11H,4,12-17H2,1-3H3,(H,26,29). The summed E-state index contributed by atoms with van der Waals surface area (Å²) in [5.74, 6) is -0.653. The highest BCUT2D eigenvalue weighted by Crippen LogP contribution is 2.19. The largest absolute Gasteiger partial charge is 0.452 e. The van der Waals surface area contributed by atoms with Crippen LogP contribution < -0.4 is 5.32 Å². The molecule has 1 saturated heterocycles. The van der Waals surface area contributed by atoms with E-state index in [-0.39, 0.29) is 30.5 Å². The average Bonchev–Trinajstić information content (AvgIpc) is 2.84. The van der Waals surface area contributed by atoms with Crippen molar-refractivity contribution >= 4 is 34.3 Å². The van der Waals surface area contributed by atoms with Crippen molar-refractivity contribution in [2.24, 2.45) is 0 Å². The van der Waals surface area contributed by atoms with Crippen LogP contribution in [0.5, 0.6) is 0 Å². The lowest BCUT2D eigenvalue weighted by Gasteiger charge is -2.34. The van der Waals surface area contributed by atoms with Gasteiger partial charge in [0.05, 0.1) is 27.8 Å². The zero-order chi connectivity index (χ0) is 24.7. The third kappa shape index (κ3) is 6.51. The van der Waals surface area contributed by atoms with E-state index in [0.29, 0.717) is 36.8 Å². The van der Waals surface area contributed by atoms with Crippen molar-refractivity contribution in [3.8, 4) is 0 Å². The van der Waals surface area contributed by atoms with Gasteiger partial charge < -0.3 is 15.0 Å². The number of amides is 2. The number of nitrogens with zero attached hydrogens (tertiary/aromatic N) is 2. The summed E-state index contributed by atoms with van der Waals surface area (Å²) < 4.78 is 17.4. The number of nitrogens with one attached hydrogen (secondary N) is 1. The number of hydrogen-bond acceptors (Lipinski definition) is 6. The zero-order valence-electron chi connectivity index (χ0n) is 19.8. The average molecular weight is 486 g/mol. The summed E-state index contributed by atoms with van der Waals surface area (Å²) in [4.78, 5) is 41.5. The normalized spacial score (nSPS) is 15.0. The first-order valence-electron chi connectivity index (χ1n) is 11.3. The topological polar surface area (TPSA) is 96.0 Å². The van der Waals surface area contributed by atoms with Crippen LogP contribution in [0.1, 0.15) is 28.4 Å². The van der Waals surface area contributed by atoms with Crippen molar-refractivity contribution in [3.05, 3.63) is 59.2 Å². The van der Waals surface area contributed by atoms with Crippen LogP contribution in [0.2, 0.25) is 0 Å². The number of piperazine rings is 1. The van der Waals surface area contributed by atoms with Gasteiger partial charge in [-0.2, -0.15) is 0 Å². The number of aryl methyl sites for hydroxylation is 2. The van der Waals surface area contributed by atoms with Crippen molar-refractivity contribution in [2.45, 2.75) is 25.7 Å². The lowest BCUT2D eigenvalue weighted by Crippen LogP contribution is -2.51. The molecule has 34 heavy (non-hydrogen) atoms. The first-order valence-corrected chi connectivity index (χ1v) is 12.6. The maximum atomic E-state index is 12.5. The number of ether oxygens (including phenoxy) is 1. The molecule has 0 aliphatic carbocycles. The molecule has 0 radical (unpaired) electrons. The van der Waals surface area contributed by atoms with Gasteiger partial charge in [0.1, 0.15) is 0 Å². The number of carbonyl (C=O) groups is 3. The molecule has 182 valence electrons. The fourth-order valence-electron chi connectivity index (χ4n) is 3.83. The summed E-state index contributed by atoms with van der Waals surface area (Å²) in [7, 11) is -1.30. The minimum Gasteiger partial charge on any atom is -0.452 e. The zero-order valence-corrected chi connectivity index (χ0v) is 20.7. The van der Waals surface area contributed by atoms with Crippen molar-refractivity contribution in [1.82, 2.24) is 9.80 Å². The third-order valence-corrected chi connectivity index (χ3v) is 7.15. The molecule has 9 heteroatoms. The third-order valence-electron chi connectivity index (χ3n) is 5.78. The van der Waals surface area contributed by atoms with E-state index in [1.54, 1.807) is 36.1 Å². The Morgan fingerprint density at radius 1 is 0.971 bits per heavy atom. The van der Waals surface area contributed by atoms with E-state index in [1.165, 1.54) is 0 Å². The molecular weight excluding hydrogens is 454 g/mol. The summed E-state index contributed by atoms with van der Waals surface area (Å²) in [6.07, 6.45) is 0. The quantitative estimate of drug-likeness (QED) is 0.577. The Labute approximate surface area is 202 Å². The molecule has 1 aliphatic heterocycles. The molecule has 1 atom stereocenters. The smallest absolute Gasteiger partial charge is 0.339 e. The van der Waals surface area contributed by atoms with Crippen LogP contribution >= 0.6 is 0 Å². The van der Waals surface area contributed by atoms with E-state index in [4.69, 9.17) is 4.74 Å². The predicted molar refractivity (Wildman–Crippen MR) is 131 cm³/mol. The van der Waals surface area contributed by atoms with Crippen LogP contribution in [0.15, 0.2) is 47.4 Å². The fraction of sp³-hybridized carbons (Fsp3) is 0.400. The molecule has 0 aromatic heterocycles. The molecule has 2 amide bonds. The monoisotopic (exact) mass is 485 g/mol. The van der Waals surface area contributed by atoms with Crippen LogP contribution in [0.3, 0.4) is 0 Å². The van der Waals surface area contributed by atoms with Crippen molar-refractivity contribution in [1.29, 1.82) is 0 Å². The first-order chi connectivity index (χ1) is 16.3. The Morgan fingerprint density at radius 3 is 2.26 bits per heavy atom. The first kappa shape index (κ1) is 25.6. The number of benzene rings is 2. The summed E-state index contributed by atoms with van der Waals surface area (Å²) >= 11 is 0. The van der Waals surface area contributed by atoms with Gasteiger partial charge in [-0.25, -0.2) is 4.79 Å². The SMILES string of the molecule is CCS(=O)c1ccccc1C(=O)OCC(=O)N1CCN(CC(=O)Nc2c(C)cccc2C)CC1.